The van der Waals surface area contributed by atoms with Gasteiger partial charge in [-0.25, -0.2) is 24.1 Å². The molecular weight excluding hydrogens is 291 g/mol. The fourth-order valence-corrected chi connectivity index (χ4v) is 2.50. The predicted molar refractivity (Wildman–Crippen MR) is 76.0 cm³/mol. The van der Waals surface area contributed by atoms with Gasteiger partial charge in [-0.15, -0.1) is 0 Å². The van der Waals surface area contributed by atoms with Gasteiger partial charge in [-0.3, -0.25) is 10.3 Å². The van der Waals surface area contributed by atoms with Crippen LogP contribution in [0.1, 0.15) is 24.6 Å². The minimum absolute atomic E-state index is 0.0142. The third-order valence-corrected chi connectivity index (χ3v) is 3.58. The van der Waals surface area contributed by atoms with Gasteiger partial charge in [-0.05, 0) is 25.0 Å². The number of piperidine rings is 1. The number of urea groups is 1. The van der Waals surface area contributed by atoms with Crippen molar-refractivity contribution in [1.29, 1.82) is 0 Å². The molecule has 1 aliphatic heterocycles. The first-order valence-electron chi connectivity index (χ1n) is 6.94. The topological polar surface area (TPSA) is 107 Å². The van der Waals surface area contributed by atoms with E-state index in [4.69, 9.17) is 0 Å². The molecule has 3 N–H and O–H groups in total. The Morgan fingerprint density at radius 2 is 2.32 bits per heavy atom. The molecule has 2 aromatic rings. The van der Waals surface area contributed by atoms with Crippen molar-refractivity contribution in [3.05, 3.63) is 40.5 Å². The molecule has 0 aliphatic carbocycles. The molecule has 3 rings (SSSR count). The quantitative estimate of drug-likeness (QED) is 0.770. The Morgan fingerprint density at radius 3 is 3.00 bits per heavy atom. The van der Waals surface area contributed by atoms with Gasteiger partial charge < -0.3 is 4.90 Å². The summed E-state index contributed by atoms with van der Waals surface area (Å²) in [5.74, 6) is 0.377. The lowest BCUT2D eigenvalue weighted by atomic mass is 9.98. The van der Waals surface area contributed by atoms with Gasteiger partial charge in [0.1, 0.15) is 17.5 Å². The highest BCUT2D eigenvalue weighted by Gasteiger charge is 2.26. The van der Waals surface area contributed by atoms with Gasteiger partial charge >= 0.3 is 11.7 Å². The largest absolute Gasteiger partial charge is 0.340 e. The summed E-state index contributed by atoms with van der Waals surface area (Å²) in [6.07, 6.45) is 2.70. The van der Waals surface area contributed by atoms with Crippen molar-refractivity contribution < 1.29 is 9.18 Å². The summed E-state index contributed by atoms with van der Waals surface area (Å²) in [5.41, 5.74) is -0.355. The summed E-state index contributed by atoms with van der Waals surface area (Å²) in [4.78, 5) is 31.4. The molecule has 0 radical (unpaired) electrons. The molecule has 0 spiro atoms. The average Bonchev–Trinajstić information content (AvgIpc) is 2.96. The second-order valence-corrected chi connectivity index (χ2v) is 5.14. The maximum Gasteiger partial charge on any atom is 0.340 e. The monoisotopic (exact) mass is 306 g/mol. The van der Waals surface area contributed by atoms with Crippen molar-refractivity contribution >= 4 is 11.8 Å². The molecule has 22 heavy (non-hydrogen) atoms. The van der Waals surface area contributed by atoms with E-state index in [1.165, 1.54) is 12.1 Å². The summed E-state index contributed by atoms with van der Waals surface area (Å²) >= 11 is 0. The van der Waals surface area contributed by atoms with Crippen LogP contribution in [0.4, 0.5) is 15.0 Å². The van der Waals surface area contributed by atoms with Gasteiger partial charge in [-0.1, -0.05) is 0 Å². The number of H-pyrrole nitrogens is 2. The molecule has 3 heterocycles. The maximum absolute atomic E-state index is 12.8. The highest BCUT2D eigenvalue weighted by atomic mass is 19.1. The molecule has 1 unspecified atom stereocenters. The minimum atomic E-state index is -0.460. The highest BCUT2D eigenvalue weighted by Crippen LogP contribution is 2.23. The standard InChI is InChI=1S/C13H15FN6O2/c14-9-3-4-10(15-6-9)16-13(22)20-5-1-2-8(7-20)11-17-12(21)19-18-11/h3-4,6,8H,1-2,5,7H2,(H,15,16,22)(H2,17,18,19,21). The number of nitrogens with zero attached hydrogens (tertiary/aromatic N) is 3. The van der Waals surface area contributed by atoms with E-state index in [1.54, 1.807) is 4.90 Å². The molecule has 9 heteroatoms. The molecule has 0 aromatic carbocycles. The normalized spacial score (nSPS) is 18.2. The molecule has 0 saturated carbocycles. The molecule has 8 nitrogen and oxygen atoms in total. The van der Waals surface area contributed by atoms with Crippen LogP contribution in [0.5, 0.6) is 0 Å². The Balaban J connectivity index is 1.65. The molecule has 116 valence electrons. The summed E-state index contributed by atoms with van der Waals surface area (Å²) in [5, 5.41) is 8.88. The van der Waals surface area contributed by atoms with Crippen molar-refractivity contribution in [3.63, 3.8) is 0 Å². The molecular formula is C13H15FN6O2. The number of carbonyl (C=O) groups excluding carboxylic acids is 1. The summed E-state index contributed by atoms with van der Waals surface area (Å²) < 4.78 is 12.8. The van der Waals surface area contributed by atoms with Crippen LogP contribution in [0.15, 0.2) is 23.1 Å². The third-order valence-electron chi connectivity index (χ3n) is 3.58. The van der Waals surface area contributed by atoms with Gasteiger partial charge in [0.15, 0.2) is 0 Å². The van der Waals surface area contributed by atoms with E-state index in [9.17, 15) is 14.0 Å². The van der Waals surface area contributed by atoms with Crippen LogP contribution < -0.4 is 11.0 Å². The second kappa shape index (κ2) is 5.96. The maximum atomic E-state index is 12.8. The molecule has 1 saturated heterocycles. The smallest absolute Gasteiger partial charge is 0.324 e. The van der Waals surface area contributed by atoms with E-state index in [1.807, 2.05) is 0 Å². The first kappa shape index (κ1) is 14.2. The van der Waals surface area contributed by atoms with Crippen LogP contribution in [0.3, 0.4) is 0 Å². The number of halogens is 1. The lowest BCUT2D eigenvalue weighted by Crippen LogP contribution is -2.42. The Bertz CT molecular complexity index is 710. The number of pyridine rings is 1. The van der Waals surface area contributed by atoms with Crippen molar-refractivity contribution in [1.82, 2.24) is 25.1 Å². The van der Waals surface area contributed by atoms with Crippen LogP contribution in [0, 0.1) is 5.82 Å². The van der Waals surface area contributed by atoms with Crippen molar-refractivity contribution in [2.45, 2.75) is 18.8 Å². The number of hydrogen-bond acceptors (Lipinski definition) is 4. The summed E-state index contributed by atoms with van der Waals surface area (Å²) in [6, 6.07) is 2.33. The fraction of sp³-hybridized carbons (Fsp3) is 0.385. The Hall–Kier alpha value is -2.71. The van der Waals surface area contributed by atoms with Crippen molar-refractivity contribution in [2.24, 2.45) is 0 Å². The van der Waals surface area contributed by atoms with Gasteiger partial charge in [0.25, 0.3) is 0 Å². The zero-order valence-corrected chi connectivity index (χ0v) is 11.7. The van der Waals surface area contributed by atoms with Gasteiger partial charge in [0, 0.05) is 19.0 Å². The zero-order valence-electron chi connectivity index (χ0n) is 11.7. The number of hydrogen-bond donors (Lipinski definition) is 3. The SMILES string of the molecule is O=C(Nc1ccc(F)cn1)N1CCCC(c2n[nH]c(=O)[nH]2)C1. The number of amides is 2. The third kappa shape index (κ3) is 3.13. The number of likely N-dealkylation sites (tertiary alicyclic amines) is 1. The number of aromatic amines is 2. The van der Waals surface area contributed by atoms with E-state index < -0.39 is 5.82 Å². The molecule has 2 amide bonds. The lowest BCUT2D eigenvalue weighted by Gasteiger charge is -2.31. The average molecular weight is 306 g/mol. The Kier molecular flexibility index (Phi) is 3.86. The predicted octanol–water partition coefficient (Wildman–Crippen LogP) is 1.04. The van der Waals surface area contributed by atoms with E-state index in [2.05, 4.69) is 25.5 Å². The van der Waals surface area contributed by atoms with Gasteiger partial charge in [0.05, 0.1) is 6.20 Å². The fourth-order valence-electron chi connectivity index (χ4n) is 2.50. The first-order valence-corrected chi connectivity index (χ1v) is 6.94. The zero-order chi connectivity index (χ0) is 15.5. The van der Waals surface area contributed by atoms with E-state index in [-0.39, 0.29) is 17.6 Å². The van der Waals surface area contributed by atoms with Crippen LogP contribution in [0.25, 0.3) is 0 Å². The Morgan fingerprint density at radius 1 is 1.45 bits per heavy atom. The lowest BCUT2D eigenvalue weighted by molar-refractivity contribution is 0.191. The summed E-state index contributed by atoms with van der Waals surface area (Å²) in [6.45, 7) is 1.06. The molecule has 0 bridgehead atoms. The first-order chi connectivity index (χ1) is 10.6. The van der Waals surface area contributed by atoms with Crippen molar-refractivity contribution in [3.8, 4) is 0 Å². The molecule has 1 aliphatic rings. The van der Waals surface area contributed by atoms with Crippen LogP contribution >= 0.6 is 0 Å². The van der Waals surface area contributed by atoms with E-state index in [0.717, 1.165) is 19.0 Å². The second-order valence-electron chi connectivity index (χ2n) is 5.14. The number of carbonyl (C=O) groups is 1. The highest BCUT2D eigenvalue weighted by molar-refractivity contribution is 5.88. The van der Waals surface area contributed by atoms with Crippen LogP contribution in [-0.2, 0) is 0 Å². The van der Waals surface area contributed by atoms with Gasteiger partial charge in [-0.2, -0.15) is 5.10 Å². The molecule has 2 aromatic heterocycles. The summed E-state index contributed by atoms with van der Waals surface area (Å²) in [7, 11) is 0. The number of aromatic nitrogens is 4. The van der Waals surface area contributed by atoms with E-state index in [0.29, 0.717) is 24.7 Å². The number of rotatable bonds is 2. The number of anilines is 1. The van der Waals surface area contributed by atoms with Gasteiger partial charge in [0.2, 0.25) is 0 Å². The molecule has 1 fully saturated rings. The minimum Gasteiger partial charge on any atom is -0.324 e. The molecule has 1 atom stereocenters. The van der Waals surface area contributed by atoms with Crippen molar-refractivity contribution in [2.75, 3.05) is 18.4 Å². The Labute approximate surface area is 124 Å². The van der Waals surface area contributed by atoms with E-state index >= 15 is 0 Å². The number of nitrogens with one attached hydrogen (secondary N) is 3. The van der Waals surface area contributed by atoms with Crippen LogP contribution in [0.2, 0.25) is 0 Å². The van der Waals surface area contributed by atoms with Crippen LogP contribution in [-0.4, -0.2) is 44.2 Å².